The summed E-state index contributed by atoms with van der Waals surface area (Å²) in [5.41, 5.74) is 8.18. The Balaban J connectivity index is 1.97. The van der Waals surface area contributed by atoms with Crippen LogP contribution in [0.2, 0.25) is 0 Å². The van der Waals surface area contributed by atoms with Crippen molar-refractivity contribution in [2.24, 2.45) is 18.2 Å². The van der Waals surface area contributed by atoms with Crippen LogP contribution in [0.25, 0.3) is 11.3 Å². The lowest BCUT2D eigenvalue weighted by atomic mass is 9.79. The number of carbonyl (C=O) groups excluding carboxylic acids is 1. The second-order valence-electron chi connectivity index (χ2n) is 7.38. The molecule has 0 spiro atoms. The fraction of sp³-hybridized carbons (Fsp3) is 0.474. The van der Waals surface area contributed by atoms with Gasteiger partial charge >= 0.3 is 0 Å². The summed E-state index contributed by atoms with van der Waals surface area (Å²) < 4.78 is 7.12. The number of nitrogens with zero attached hydrogens (tertiary/aromatic N) is 3. The molecular formula is C19H26N4O2. The summed E-state index contributed by atoms with van der Waals surface area (Å²) >= 11 is 0. The first kappa shape index (κ1) is 17.5. The highest BCUT2D eigenvalue weighted by Gasteiger charge is 2.36. The predicted molar refractivity (Wildman–Crippen MR) is 97.5 cm³/mol. The zero-order valence-corrected chi connectivity index (χ0v) is 15.3. The molecule has 134 valence electrons. The van der Waals surface area contributed by atoms with Crippen molar-refractivity contribution in [2.75, 3.05) is 20.2 Å². The fourth-order valence-electron chi connectivity index (χ4n) is 3.40. The van der Waals surface area contributed by atoms with Crippen LogP contribution in [0.5, 0.6) is 5.75 Å². The van der Waals surface area contributed by atoms with Gasteiger partial charge in [0.15, 0.2) is 0 Å². The molecule has 1 atom stereocenters. The molecule has 6 nitrogen and oxygen atoms in total. The molecule has 1 aromatic heterocycles. The monoisotopic (exact) mass is 342 g/mol. The Hall–Kier alpha value is -2.34. The summed E-state index contributed by atoms with van der Waals surface area (Å²) in [6.45, 7) is 5.54. The molecule has 1 unspecified atom stereocenters. The molecular weight excluding hydrogens is 316 g/mol. The minimum absolute atomic E-state index is 0.00557. The van der Waals surface area contributed by atoms with E-state index in [4.69, 9.17) is 10.5 Å². The van der Waals surface area contributed by atoms with Crippen LogP contribution in [0.1, 0.15) is 30.6 Å². The van der Waals surface area contributed by atoms with Crippen molar-refractivity contribution in [1.82, 2.24) is 14.7 Å². The van der Waals surface area contributed by atoms with E-state index in [0.717, 1.165) is 12.0 Å². The maximum Gasteiger partial charge on any atom is 0.257 e. The lowest BCUT2D eigenvalue weighted by molar-refractivity contribution is 0.0533. The summed E-state index contributed by atoms with van der Waals surface area (Å²) in [7, 11) is 3.45. The van der Waals surface area contributed by atoms with Gasteiger partial charge in [0, 0.05) is 37.9 Å². The van der Waals surface area contributed by atoms with Crippen molar-refractivity contribution in [3.8, 4) is 17.0 Å². The van der Waals surface area contributed by atoms with Gasteiger partial charge in [0.05, 0.1) is 12.7 Å². The maximum absolute atomic E-state index is 13.2. The van der Waals surface area contributed by atoms with E-state index >= 15 is 0 Å². The molecule has 1 fully saturated rings. The Labute approximate surface area is 148 Å². The van der Waals surface area contributed by atoms with Crippen molar-refractivity contribution >= 4 is 5.91 Å². The molecule has 3 rings (SSSR count). The average Bonchev–Trinajstić information content (AvgIpc) is 2.98. The van der Waals surface area contributed by atoms with E-state index in [-0.39, 0.29) is 17.4 Å². The standard InChI is InChI=1S/C19H26N4O2/c1-19(2)12-23(10-9-16(19)20)18(24)14-11-22(3)21-17(14)13-7-5-6-8-15(13)25-4/h5-8,11,16H,9-10,12,20H2,1-4H3. The third kappa shape index (κ3) is 3.26. The number of methoxy groups -OCH3 is 1. The Bertz CT molecular complexity index is 781. The van der Waals surface area contributed by atoms with Crippen LogP contribution < -0.4 is 10.5 Å². The second kappa shape index (κ2) is 6.52. The van der Waals surface area contributed by atoms with Crippen LogP contribution >= 0.6 is 0 Å². The molecule has 1 aliphatic heterocycles. The van der Waals surface area contributed by atoms with Crippen molar-refractivity contribution in [2.45, 2.75) is 26.3 Å². The topological polar surface area (TPSA) is 73.4 Å². The van der Waals surface area contributed by atoms with Crippen molar-refractivity contribution in [3.63, 3.8) is 0 Å². The fourth-order valence-corrected chi connectivity index (χ4v) is 3.40. The molecule has 0 bridgehead atoms. The van der Waals surface area contributed by atoms with Gasteiger partial charge in [0.2, 0.25) is 0 Å². The average molecular weight is 342 g/mol. The van der Waals surface area contributed by atoms with Crippen molar-refractivity contribution < 1.29 is 9.53 Å². The summed E-state index contributed by atoms with van der Waals surface area (Å²) in [4.78, 5) is 15.1. The number of carbonyl (C=O) groups is 1. The predicted octanol–water partition coefficient (Wildman–Crippen LogP) is 2.30. The Morgan fingerprint density at radius 1 is 1.36 bits per heavy atom. The number of amides is 1. The van der Waals surface area contributed by atoms with Gasteiger partial charge in [-0.3, -0.25) is 9.48 Å². The largest absolute Gasteiger partial charge is 0.496 e. The minimum atomic E-state index is -0.0965. The number of aryl methyl sites for hydroxylation is 1. The normalized spacial score (nSPS) is 19.7. The van der Waals surface area contributed by atoms with Crippen LogP contribution in [0.3, 0.4) is 0 Å². The zero-order chi connectivity index (χ0) is 18.2. The Morgan fingerprint density at radius 3 is 2.76 bits per heavy atom. The van der Waals surface area contributed by atoms with Crippen LogP contribution in [-0.2, 0) is 7.05 Å². The highest BCUT2D eigenvalue weighted by Crippen LogP contribution is 2.33. The lowest BCUT2D eigenvalue weighted by Crippen LogP contribution is -2.54. The first-order valence-electron chi connectivity index (χ1n) is 8.55. The van der Waals surface area contributed by atoms with Crippen LogP contribution in [0.15, 0.2) is 30.5 Å². The number of hydrogen-bond acceptors (Lipinski definition) is 4. The first-order chi connectivity index (χ1) is 11.8. The summed E-state index contributed by atoms with van der Waals surface area (Å²) in [5.74, 6) is 0.699. The minimum Gasteiger partial charge on any atom is -0.496 e. The van der Waals surface area contributed by atoms with Crippen LogP contribution in [0, 0.1) is 5.41 Å². The molecule has 1 amide bonds. The number of nitrogens with two attached hydrogens (primary N) is 1. The van der Waals surface area contributed by atoms with Gasteiger partial charge in [0.1, 0.15) is 11.4 Å². The number of para-hydroxylation sites is 1. The molecule has 0 radical (unpaired) electrons. The Kier molecular flexibility index (Phi) is 4.56. The lowest BCUT2D eigenvalue weighted by Gasteiger charge is -2.42. The number of piperidine rings is 1. The third-order valence-corrected chi connectivity index (χ3v) is 5.02. The Morgan fingerprint density at radius 2 is 2.08 bits per heavy atom. The molecule has 0 saturated carbocycles. The van der Waals surface area contributed by atoms with Gasteiger partial charge in [-0.15, -0.1) is 0 Å². The number of rotatable bonds is 3. The zero-order valence-electron chi connectivity index (χ0n) is 15.3. The summed E-state index contributed by atoms with van der Waals surface area (Å²) in [6.07, 6.45) is 2.59. The van der Waals surface area contributed by atoms with E-state index in [1.165, 1.54) is 0 Å². The molecule has 1 saturated heterocycles. The van der Waals surface area contributed by atoms with Crippen molar-refractivity contribution in [3.05, 3.63) is 36.0 Å². The van der Waals surface area contributed by atoms with E-state index < -0.39 is 0 Å². The van der Waals surface area contributed by atoms with Gasteiger partial charge in [-0.05, 0) is 24.0 Å². The van der Waals surface area contributed by atoms with Crippen molar-refractivity contribution in [1.29, 1.82) is 0 Å². The first-order valence-corrected chi connectivity index (χ1v) is 8.55. The van der Waals surface area contributed by atoms with Gasteiger partial charge in [-0.25, -0.2) is 0 Å². The molecule has 6 heteroatoms. The highest BCUT2D eigenvalue weighted by molar-refractivity contribution is 6.00. The molecule has 1 aromatic carbocycles. The van der Waals surface area contributed by atoms with E-state index in [1.54, 1.807) is 18.0 Å². The van der Waals surface area contributed by atoms with Gasteiger partial charge in [-0.1, -0.05) is 26.0 Å². The summed E-state index contributed by atoms with van der Waals surface area (Å²) in [5, 5.41) is 4.52. The number of hydrogen-bond donors (Lipinski definition) is 1. The van der Waals surface area contributed by atoms with E-state index in [2.05, 4.69) is 18.9 Å². The molecule has 0 aliphatic carbocycles. The molecule has 2 N–H and O–H groups in total. The molecule has 25 heavy (non-hydrogen) atoms. The maximum atomic E-state index is 13.2. The van der Waals surface area contributed by atoms with E-state index in [0.29, 0.717) is 30.1 Å². The highest BCUT2D eigenvalue weighted by atomic mass is 16.5. The molecule has 2 aromatic rings. The van der Waals surface area contributed by atoms with Gasteiger partial charge in [0.25, 0.3) is 5.91 Å². The van der Waals surface area contributed by atoms with Crippen LogP contribution in [-0.4, -0.2) is 46.8 Å². The number of ether oxygens (including phenoxy) is 1. The number of likely N-dealkylation sites (tertiary alicyclic amines) is 1. The third-order valence-electron chi connectivity index (χ3n) is 5.02. The van der Waals surface area contributed by atoms with Gasteiger partial charge in [-0.2, -0.15) is 5.10 Å². The quantitative estimate of drug-likeness (QED) is 0.929. The van der Waals surface area contributed by atoms with Crippen LogP contribution in [0.4, 0.5) is 0 Å². The second-order valence-corrected chi connectivity index (χ2v) is 7.38. The smallest absolute Gasteiger partial charge is 0.257 e. The SMILES string of the molecule is COc1ccccc1-c1nn(C)cc1C(=O)N1CCC(N)C(C)(C)C1. The molecule has 2 heterocycles. The van der Waals surface area contributed by atoms with E-state index in [1.807, 2.05) is 36.2 Å². The van der Waals surface area contributed by atoms with E-state index in [9.17, 15) is 4.79 Å². The number of aromatic nitrogens is 2. The molecule has 1 aliphatic rings. The summed E-state index contributed by atoms with van der Waals surface area (Å²) in [6, 6.07) is 7.74. The van der Waals surface area contributed by atoms with Gasteiger partial charge < -0.3 is 15.4 Å². The number of benzene rings is 1.